The van der Waals surface area contributed by atoms with E-state index in [0.717, 1.165) is 9.13 Å². The van der Waals surface area contributed by atoms with E-state index < -0.39 is 0 Å². The first kappa shape index (κ1) is 8.10. The van der Waals surface area contributed by atoms with Crippen molar-refractivity contribution in [3.8, 4) is 17.9 Å². The molecule has 0 radical (unpaired) electrons. The first-order chi connectivity index (χ1) is 5.34. The summed E-state index contributed by atoms with van der Waals surface area (Å²) in [6, 6.07) is 9.48. The molecule has 2 heteroatoms. The summed E-state index contributed by atoms with van der Waals surface area (Å²) in [6.07, 6.45) is 0. The van der Waals surface area contributed by atoms with E-state index in [1.54, 1.807) is 6.07 Å². The van der Waals surface area contributed by atoms with E-state index in [-0.39, 0.29) is 0 Å². The molecule has 1 nitrogen and oxygen atoms in total. The predicted octanol–water partition coefficient (Wildman–Crippen LogP) is 2.17. The quantitative estimate of drug-likeness (QED) is 0.513. The van der Waals surface area contributed by atoms with E-state index >= 15 is 0 Å². The van der Waals surface area contributed by atoms with Crippen LogP contribution in [0, 0.1) is 26.7 Å². The molecular formula is C9H4IN. The Kier molecular flexibility index (Phi) is 2.95. The van der Waals surface area contributed by atoms with Gasteiger partial charge >= 0.3 is 0 Å². The second kappa shape index (κ2) is 4.00. The molecule has 52 valence electrons. The molecule has 11 heavy (non-hydrogen) atoms. The zero-order valence-corrected chi connectivity index (χ0v) is 7.79. The van der Waals surface area contributed by atoms with Gasteiger partial charge in [-0.2, -0.15) is 5.26 Å². The van der Waals surface area contributed by atoms with Gasteiger partial charge in [0.25, 0.3) is 0 Å². The van der Waals surface area contributed by atoms with Crippen molar-refractivity contribution in [2.75, 3.05) is 0 Å². The number of rotatable bonds is 0. The maximum atomic E-state index is 8.19. The summed E-state index contributed by atoms with van der Waals surface area (Å²) in [5, 5.41) is 8.19. The molecule has 0 atom stereocenters. The van der Waals surface area contributed by atoms with Gasteiger partial charge in [-0.25, -0.2) is 0 Å². The highest BCUT2D eigenvalue weighted by molar-refractivity contribution is 14.1. The topological polar surface area (TPSA) is 23.8 Å². The van der Waals surface area contributed by atoms with Crippen molar-refractivity contribution in [2.24, 2.45) is 0 Å². The van der Waals surface area contributed by atoms with E-state index in [1.807, 2.05) is 24.3 Å². The Morgan fingerprint density at radius 2 is 2.00 bits per heavy atom. The summed E-state index contributed by atoms with van der Waals surface area (Å²) in [6.45, 7) is 0. The Hall–Kier alpha value is -1.000. The first-order valence-electron chi connectivity index (χ1n) is 2.99. The van der Waals surface area contributed by atoms with Crippen LogP contribution in [0.2, 0.25) is 0 Å². The summed E-state index contributed by atoms with van der Waals surface area (Å²) in [4.78, 5) is 0. The highest BCUT2D eigenvalue weighted by Gasteiger charge is 1.90. The van der Waals surface area contributed by atoms with Crippen LogP contribution in [0.3, 0.4) is 0 Å². The van der Waals surface area contributed by atoms with Crippen LogP contribution in [0.5, 0.6) is 0 Å². The normalized spacial score (nSPS) is 7.64. The fraction of sp³-hybridized carbons (Fsp3) is 0. The zero-order valence-electron chi connectivity index (χ0n) is 5.63. The number of hydrogen-bond acceptors (Lipinski definition) is 1. The van der Waals surface area contributed by atoms with Crippen LogP contribution in [0.4, 0.5) is 0 Å². The van der Waals surface area contributed by atoms with Gasteiger partial charge in [0.2, 0.25) is 0 Å². The average Bonchev–Trinajstić information content (AvgIpc) is 2.03. The second-order valence-corrected chi connectivity index (χ2v) is 3.00. The van der Waals surface area contributed by atoms with Gasteiger partial charge in [0.05, 0.1) is 0 Å². The van der Waals surface area contributed by atoms with Crippen molar-refractivity contribution in [3.63, 3.8) is 0 Å². The van der Waals surface area contributed by atoms with Crippen LogP contribution < -0.4 is 0 Å². The van der Waals surface area contributed by atoms with Gasteiger partial charge in [0, 0.05) is 15.1 Å². The minimum atomic E-state index is 0.912. The fourth-order valence-corrected chi connectivity index (χ4v) is 1.18. The standard InChI is InChI=1S/C9H4IN/c10-9-6-2-1-4-8(9)5-3-7-11/h1-2,4,6H. The third-order valence-corrected chi connectivity index (χ3v) is 2.07. The van der Waals surface area contributed by atoms with Gasteiger partial charge < -0.3 is 0 Å². The van der Waals surface area contributed by atoms with Gasteiger partial charge in [-0.05, 0) is 40.6 Å². The number of nitriles is 1. The average molecular weight is 253 g/mol. The Morgan fingerprint density at radius 1 is 1.27 bits per heavy atom. The number of nitrogens with zero attached hydrogens (tertiary/aromatic N) is 1. The Morgan fingerprint density at radius 3 is 2.64 bits per heavy atom. The van der Waals surface area contributed by atoms with Gasteiger partial charge in [0.15, 0.2) is 6.07 Å². The van der Waals surface area contributed by atoms with Crippen LogP contribution in [0.15, 0.2) is 24.3 Å². The molecule has 0 heterocycles. The molecule has 1 aromatic rings. The second-order valence-electron chi connectivity index (χ2n) is 1.84. The third-order valence-electron chi connectivity index (χ3n) is 1.13. The highest BCUT2D eigenvalue weighted by atomic mass is 127. The van der Waals surface area contributed by atoms with Crippen molar-refractivity contribution in [2.45, 2.75) is 0 Å². The Bertz CT molecular complexity index is 352. The lowest BCUT2D eigenvalue weighted by Crippen LogP contribution is -1.77. The summed E-state index contributed by atoms with van der Waals surface area (Å²) >= 11 is 2.19. The molecule has 0 spiro atoms. The van der Waals surface area contributed by atoms with Gasteiger partial charge in [-0.1, -0.05) is 12.1 Å². The molecule has 0 bridgehead atoms. The zero-order chi connectivity index (χ0) is 8.10. The summed E-state index contributed by atoms with van der Waals surface area (Å²) in [5.41, 5.74) is 0.912. The minimum absolute atomic E-state index is 0.912. The molecule has 0 N–H and O–H groups in total. The third kappa shape index (κ3) is 2.25. The molecule has 0 aliphatic rings. The van der Waals surface area contributed by atoms with E-state index in [2.05, 4.69) is 34.4 Å². The van der Waals surface area contributed by atoms with Crippen molar-refractivity contribution in [3.05, 3.63) is 33.4 Å². The van der Waals surface area contributed by atoms with Gasteiger partial charge in [-0.15, -0.1) is 0 Å². The highest BCUT2D eigenvalue weighted by Crippen LogP contribution is 2.09. The fourth-order valence-electron chi connectivity index (χ4n) is 0.658. The monoisotopic (exact) mass is 253 g/mol. The summed E-state index contributed by atoms with van der Waals surface area (Å²) < 4.78 is 1.08. The van der Waals surface area contributed by atoms with Crippen molar-refractivity contribution >= 4 is 22.6 Å². The van der Waals surface area contributed by atoms with E-state index in [4.69, 9.17) is 5.26 Å². The molecule has 0 aromatic heterocycles. The molecule has 0 amide bonds. The Balaban J connectivity index is 3.07. The molecule has 0 aliphatic heterocycles. The lowest BCUT2D eigenvalue weighted by Gasteiger charge is -1.91. The molecule has 0 unspecified atom stereocenters. The van der Waals surface area contributed by atoms with E-state index in [1.165, 1.54) is 0 Å². The molecule has 0 saturated carbocycles. The van der Waals surface area contributed by atoms with Crippen molar-refractivity contribution in [1.82, 2.24) is 0 Å². The van der Waals surface area contributed by atoms with Crippen LogP contribution in [-0.4, -0.2) is 0 Å². The molecule has 0 fully saturated rings. The lowest BCUT2D eigenvalue weighted by atomic mass is 10.2. The smallest absolute Gasteiger partial charge is 0.152 e. The van der Waals surface area contributed by atoms with Crippen LogP contribution in [-0.2, 0) is 0 Å². The maximum Gasteiger partial charge on any atom is 0.152 e. The number of halogens is 1. The minimum Gasteiger partial charge on any atom is -0.183 e. The lowest BCUT2D eigenvalue weighted by molar-refractivity contribution is 1.54. The molecule has 0 aliphatic carbocycles. The molecule has 1 rings (SSSR count). The SMILES string of the molecule is N#CC#Cc1ccccc1I. The van der Waals surface area contributed by atoms with E-state index in [9.17, 15) is 0 Å². The van der Waals surface area contributed by atoms with Crippen LogP contribution >= 0.6 is 22.6 Å². The first-order valence-corrected chi connectivity index (χ1v) is 4.07. The molecule has 0 saturated heterocycles. The summed E-state index contributed by atoms with van der Waals surface area (Å²) in [5.74, 6) is 5.10. The van der Waals surface area contributed by atoms with Gasteiger partial charge in [-0.3, -0.25) is 0 Å². The van der Waals surface area contributed by atoms with Gasteiger partial charge in [0.1, 0.15) is 0 Å². The summed E-state index contributed by atoms with van der Waals surface area (Å²) in [7, 11) is 0. The maximum absolute atomic E-state index is 8.19. The number of hydrogen-bond donors (Lipinski definition) is 0. The molecule has 1 aromatic carbocycles. The number of benzene rings is 1. The predicted molar refractivity (Wildman–Crippen MR) is 51.7 cm³/mol. The van der Waals surface area contributed by atoms with E-state index in [0.29, 0.717) is 0 Å². The van der Waals surface area contributed by atoms with Crippen molar-refractivity contribution < 1.29 is 0 Å². The van der Waals surface area contributed by atoms with Crippen LogP contribution in [0.1, 0.15) is 5.56 Å². The largest absolute Gasteiger partial charge is 0.183 e. The molecular weight excluding hydrogens is 249 g/mol. The Labute approximate surface area is 79.2 Å². The van der Waals surface area contributed by atoms with Crippen LogP contribution in [0.25, 0.3) is 0 Å². The van der Waals surface area contributed by atoms with Crippen molar-refractivity contribution in [1.29, 1.82) is 5.26 Å².